The van der Waals surface area contributed by atoms with E-state index in [2.05, 4.69) is 20.8 Å². The first-order valence-corrected chi connectivity index (χ1v) is 7.98. The molecule has 1 saturated heterocycles. The molecular formula is C17H22N4O2. The summed E-state index contributed by atoms with van der Waals surface area (Å²) in [6.07, 6.45) is 3.79. The van der Waals surface area contributed by atoms with Gasteiger partial charge in [-0.25, -0.2) is 0 Å². The van der Waals surface area contributed by atoms with Crippen LogP contribution in [0.15, 0.2) is 30.5 Å². The highest BCUT2D eigenvalue weighted by molar-refractivity contribution is 5.81. The van der Waals surface area contributed by atoms with Gasteiger partial charge in [0.1, 0.15) is 12.4 Å². The van der Waals surface area contributed by atoms with E-state index in [1.165, 1.54) is 0 Å². The molecule has 0 bridgehead atoms. The minimum atomic E-state index is -0.0394. The molecule has 1 aromatic carbocycles. The molecule has 6 heteroatoms. The van der Waals surface area contributed by atoms with Crippen molar-refractivity contribution in [2.45, 2.75) is 25.8 Å². The van der Waals surface area contributed by atoms with Crippen LogP contribution in [0.5, 0.6) is 5.75 Å². The van der Waals surface area contributed by atoms with Gasteiger partial charge in [-0.05, 0) is 44.0 Å². The molecule has 3 N–H and O–H groups in total. The average Bonchev–Trinajstić information content (AvgIpc) is 3.23. The second-order valence-corrected chi connectivity index (χ2v) is 5.72. The first-order chi connectivity index (χ1) is 11.2. The van der Waals surface area contributed by atoms with Crippen LogP contribution >= 0.6 is 0 Å². The molecule has 0 spiro atoms. The zero-order valence-electron chi connectivity index (χ0n) is 13.3. The third kappa shape index (κ3) is 3.90. The van der Waals surface area contributed by atoms with Gasteiger partial charge in [-0.1, -0.05) is 12.1 Å². The molecule has 3 rings (SSSR count). The van der Waals surface area contributed by atoms with Crippen molar-refractivity contribution in [1.29, 1.82) is 0 Å². The summed E-state index contributed by atoms with van der Waals surface area (Å²) in [6, 6.07) is 7.84. The van der Waals surface area contributed by atoms with Gasteiger partial charge < -0.3 is 15.4 Å². The number of rotatable bonds is 6. The third-order valence-corrected chi connectivity index (χ3v) is 4.02. The standard InChI is InChI=1S/C17H22N4O2/c1-12-15(11-20-21-12)13-4-2-5-14(10-13)23-9-8-19-17(22)16-6-3-7-18-16/h2,4-5,10-11,16,18H,3,6-9H2,1H3,(H,19,22)(H,20,21)/t16-/m0/s1. The van der Waals surface area contributed by atoms with E-state index in [0.29, 0.717) is 13.2 Å². The lowest BCUT2D eigenvalue weighted by molar-refractivity contribution is -0.122. The zero-order valence-corrected chi connectivity index (χ0v) is 13.3. The minimum absolute atomic E-state index is 0.0394. The zero-order chi connectivity index (χ0) is 16.1. The fourth-order valence-electron chi connectivity index (χ4n) is 2.77. The molecule has 1 amide bonds. The normalized spacial score (nSPS) is 17.2. The Labute approximate surface area is 135 Å². The number of benzene rings is 1. The lowest BCUT2D eigenvalue weighted by Crippen LogP contribution is -2.41. The second kappa shape index (κ2) is 7.28. The molecule has 1 fully saturated rings. The maximum absolute atomic E-state index is 11.9. The number of nitrogens with one attached hydrogen (secondary N) is 3. The van der Waals surface area contributed by atoms with Crippen LogP contribution in [0.1, 0.15) is 18.5 Å². The molecule has 0 unspecified atom stereocenters. The quantitative estimate of drug-likeness (QED) is 0.708. The Morgan fingerprint density at radius 1 is 1.48 bits per heavy atom. The molecule has 1 aliphatic heterocycles. The highest BCUT2D eigenvalue weighted by atomic mass is 16.5. The molecule has 1 aromatic heterocycles. The van der Waals surface area contributed by atoms with E-state index in [1.54, 1.807) is 0 Å². The lowest BCUT2D eigenvalue weighted by atomic mass is 10.1. The van der Waals surface area contributed by atoms with Crippen molar-refractivity contribution in [3.05, 3.63) is 36.2 Å². The maximum atomic E-state index is 11.9. The van der Waals surface area contributed by atoms with E-state index < -0.39 is 0 Å². The van der Waals surface area contributed by atoms with E-state index in [4.69, 9.17) is 4.74 Å². The van der Waals surface area contributed by atoms with Crippen LogP contribution in [0.3, 0.4) is 0 Å². The Morgan fingerprint density at radius 2 is 2.39 bits per heavy atom. The fourth-order valence-corrected chi connectivity index (χ4v) is 2.77. The van der Waals surface area contributed by atoms with E-state index in [0.717, 1.165) is 42.0 Å². The average molecular weight is 314 g/mol. The topological polar surface area (TPSA) is 79.0 Å². The summed E-state index contributed by atoms with van der Waals surface area (Å²) in [5.74, 6) is 0.852. The number of hydrogen-bond acceptors (Lipinski definition) is 4. The van der Waals surface area contributed by atoms with Crippen LogP contribution in [0, 0.1) is 6.92 Å². The van der Waals surface area contributed by atoms with Crippen molar-refractivity contribution in [2.24, 2.45) is 0 Å². The number of aromatic nitrogens is 2. The Bertz CT molecular complexity index is 662. The van der Waals surface area contributed by atoms with E-state index >= 15 is 0 Å². The Morgan fingerprint density at radius 3 is 3.13 bits per heavy atom. The van der Waals surface area contributed by atoms with Crippen LogP contribution in [-0.4, -0.2) is 41.8 Å². The molecule has 0 radical (unpaired) electrons. The predicted octanol–water partition coefficient (Wildman–Crippen LogP) is 1.63. The smallest absolute Gasteiger partial charge is 0.237 e. The van der Waals surface area contributed by atoms with Crippen molar-refractivity contribution in [3.8, 4) is 16.9 Å². The molecule has 2 aromatic rings. The lowest BCUT2D eigenvalue weighted by Gasteiger charge is -2.12. The number of carbonyl (C=O) groups is 1. The van der Waals surface area contributed by atoms with Crippen LogP contribution < -0.4 is 15.4 Å². The molecule has 2 heterocycles. The molecule has 23 heavy (non-hydrogen) atoms. The Balaban J connectivity index is 1.49. The highest BCUT2D eigenvalue weighted by Crippen LogP contribution is 2.25. The van der Waals surface area contributed by atoms with Gasteiger partial charge in [0.05, 0.1) is 18.8 Å². The van der Waals surface area contributed by atoms with E-state index in [9.17, 15) is 4.79 Å². The van der Waals surface area contributed by atoms with E-state index in [1.807, 2.05) is 37.4 Å². The first kappa shape index (κ1) is 15.6. The molecule has 122 valence electrons. The number of carbonyl (C=O) groups excluding carboxylic acids is 1. The van der Waals surface area contributed by atoms with Crippen molar-refractivity contribution in [2.75, 3.05) is 19.7 Å². The highest BCUT2D eigenvalue weighted by Gasteiger charge is 2.21. The van der Waals surface area contributed by atoms with Crippen LogP contribution in [-0.2, 0) is 4.79 Å². The van der Waals surface area contributed by atoms with Crippen molar-refractivity contribution < 1.29 is 9.53 Å². The Hall–Kier alpha value is -2.34. The van der Waals surface area contributed by atoms with Crippen molar-refractivity contribution in [1.82, 2.24) is 20.8 Å². The second-order valence-electron chi connectivity index (χ2n) is 5.72. The number of nitrogens with zero attached hydrogens (tertiary/aromatic N) is 1. The van der Waals surface area contributed by atoms with Gasteiger partial charge in [0, 0.05) is 11.3 Å². The summed E-state index contributed by atoms with van der Waals surface area (Å²) in [5, 5.41) is 13.1. The van der Waals surface area contributed by atoms with E-state index in [-0.39, 0.29) is 11.9 Å². The Kier molecular flexibility index (Phi) is 4.92. The number of ether oxygens (including phenoxy) is 1. The largest absolute Gasteiger partial charge is 0.492 e. The number of H-pyrrole nitrogens is 1. The van der Waals surface area contributed by atoms with Crippen molar-refractivity contribution >= 4 is 5.91 Å². The number of aromatic amines is 1. The summed E-state index contributed by atoms with van der Waals surface area (Å²) in [5.41, 5.74) is 3.16. The monoisotopic (exact) mass is 314 g/mol. The minimum Gasteiger partial charge on any atom is -0.492 e. The molecule has 0 aliphatic carbocycles. The summed E-state index contributed by atoms with van der Waals surface area (Å²) < 4.78 is 5.73. The first-order valence-electron chi connectivity index (χ1n) is 7.98. The maximum Gasteiger partial charge on any atom is 0.237 e. The summed E-state index contributed by atoms with van der Waals surface area (Å²) in [7, 11) is 0. The predicted molar refractivity (Wildman–Crippen MR) is 88.3 cm³/mol. The number of aryl methyl sites for hydroxylation is 1. The third-order valence-electron chi connectivity index (χ3n) is 4.02. The molecular weight excluding hydrogens is 292 g/mol. The number of amides is 1. The summed E-state index contributed by atoms with van der Waals surface area (Å²) >= 11 is 0. The van der Waals surface area contributed by atoms with Crippen LogP contribution in [0.4, 0.5) is 0 Å². The summed E-state index contributed by atoms with van der Waals surface area (Å²) in [6.45, 7) is 3.87. The van der Waals surface area contributed by atoms with Crippen molar-refractivity contribution in [3.63, 3.8) is 0 Å². The van der Waals surface area contributed by atoms with Gasteiger partial charge in [-0.15, -0.1) is 0 Å². The molecule has 0 saturated carbocycles. The molecule has 1 atom stereocenters. The fraction of sp³-hybridized carbons (Fsp3) is 0.412. The molecule has 1 aliphatic rings. The molecule has 6 nitrogen and oxygen atoms in total. The van der Waals surface area contributed by atoms with Gasteiger partial charge >= 0.3 is 0 Å². The van der Waals surface area contributed by atoms with Gasteiger partial charge in [0.2, 0.25) is 5.91 Å². The number of hydrogen-bond donors (Lipinski definition) is 3. The van der Waals surface area contributed by atoms with Crippen LogP contribution in [0.2, 0.25) is 0 Å². The van der Waals surface area contributed by atoms with Crippen LogP contribution in [0.25, 0.3) is 11.1 Å². The summed E-state index contributed by atoms with van der Waals surface area (Å²) in [4.78, 5) is 11.9. The van der Waals surface area contributed by atoms with Gasteiger partial charge in [-0.2, -0.15) is 5.10 Å². The van der Waals surface area contributed by atoms with Gasteiger partial charge in [0.15, 0.2) is 0 Å². The SMILES string of the molecule is Cc1[nH]ncc1-c1cccc(OCCNC(=O)[C@@H]2CCCN2)c1. The van der Waals surface area contributed by atoms with Gasteiger partial charge in [0.25, 0.3) is 0 Å². The van der Waals surface area contributed by atoms with Gasteiger partial charge in [-0.3, -0.25) is 9.89 Å².